The van der Waals surface area contributed by atoms with E-state index >= 15 is 0 Å². The number of guanidine groups is 1. The molecule has 0 fully saturated rings. The topological polar surface area (TPSA) is 95.1 Å². The lowest BCUT2D eigenvalue weighted by molar-refractivity contribution is 0.0473. The van der Waals surface area contributed by atoms with Gasteiger partial charge in [0.15, 0.2) is 5.96 Å². The highest BCUT2D eigenvalue weighted by atomic mass is 16.6. The highest BCUT2D eigenvalue weighted by Gasteiger charge is 2.24. The summed E-state index contributed by atoms with van der Waals surface area (Å²) in [5, 5.41) is 9.32. The van der Waals surface area contributed by atoms with E-state index < -0.39 is 17.2 Å². The predicted molar refractivity (Wildman–Crippen MR) is 125 cm³/mol. The van der Waals surface area contributed by atoms with Crippen molar-refractivity contribution >= 4 is 18.0 Å². The van der Waals surface area contributed by atoms with Crippen LogP contribution in [0, 0.1) is 0 Å². The van der Waals surface area contributed by atoms with Crippen LogP contribution < -0.4 is 16.0 Å². The SMILES string of the molecule is CCN(CC)C(=O)c1ccc(CNC(=NC)NCC(C)(C)NC(=O)OC(C)(C)C)cc1. The minimum absolute atomic E-state index is 0.0432. The van der Waals surface area contributed by atoms with Crippen LogP contribution in [0.1, 0.15) is 64.4 Å². The minimum atomic E-state index is -0.545. The van der Waals surface area contributed by atoms with Crippen LogP contribution in [0.15, 0.2) is 29.3 Å². The molecule has 0 aliphatic heterocycles. The van der Waals surface area contributed by atoms with Gasteiger partial charge in [-0.25, -0.2) is 4.79 Å². The maximum Gasteiger partial charge on any atom is 0.408 e. The van der Waals surface area contributed by atoms with Crippen LogP contribution in [0.2, 0.25) is 0 Å². The Morgan fingerprint density at radius 3 is 2.06 bits per heavy atom. The van der Waals surface area contributed by atoms with Crippen LogP contribution in [-0.2, 0) is 11.3 Å². The lowest BCUT2D eigenvalue weighted by atomic mass is 10.1. The Balaban J connectivity index is 2.57. The van der Waals surface area contributed by atoms with Gasteiger partial charge in [-0.2, -0.15) is 0 Å². The largest absolute Gasteiger partial charge is 0.444 e. The van der Waals surface area contributed by atoms with Crippen LogP contribution in [0.3, 0.4) is 0 Å². The first kappa shape index (κ1) is 26.3. The molecule has 0 atom stereocenters. The van der Waals surface area contributed by atoms with Crippen LogP contribution in [0.4, 0.5) is 4.79 Å². The third-order valence-electron chi connectivity index (χ3n) is 4.47. The third-order valence-corrected chi connectivity index (χ3v) is 4.47. The second kappa shape index (κ2) is 11.6. The summed E-state index contributed by atoms with van der Waals surface area (Å²) in [4.78, 5) is 30.4. The molecule has 3 N–H and O–H groups in total. The van der Waals surface area contributed by atoms with Gasteiger partial charge >= 0.3 is 6.09 Å². The van der Waals surface area contributed by atoms with Gasteiger partial charge < -0.3 is 25.6 Å². The molecular formula is C23H39N5O3. The number of nitrogens with zero attached hydrogens (tertiary/aromatic N) is 2. The van der Waals surface area contributed by atoms with E-state index in [0.717, 1.165) is 5.56 Å². The molecule has 2 amide bonds. The molecule has 174 valence electrons. The summed E-state index contributed by atoms with van der Waals surface area (Å²) in [6.45, 7) is 15.7. The molecule has 0 bridgehead atoms. The summed E-state index contributed by atoms with van der Waals surface area (Å²) in [6.07, 6.45) is -0.457. The van der Waals surface area contributed by atoms with Gasteiger partial charge in [-0.05, 0) is 66.2 Å². The average Bonchev–Trinajstić information content (AvgIpc) is 2.67. The molecule has 31 heavy (non-hydrogen) atoms. The van der Waals surface area contributed by atoms with Crippen LogP contribution in [0.25, 0.3) is 0 Å². The molecule has 0 aliphatic carbocycles. The standard InChI is InChI=1S/C23H39N5O3/c1-9-28(10-2)19(29)18-13-11-17(12-14-18)15-25-20(24-8)26-16-23(6,7)27-21(30)31-22(3,4)5/h11-14H,9-10,15-16H2,1-8H3,(H,27,30)(H2,24,25,26). The zero-order chi connectivity index (χ0) is 23.7. The number of nitrogens with one attached hydrogen (secondary N) is 3. The smallest absolute Gasteiger partial charge is 0.408 e. The number of ether oxygens (including phenoxy) is 1. The number of hydrogen-bond donors (Lipinski definition) is 3. The quantitative estimate of drug-likeness (QED) is 0.432. The molecule has 0 saturated carbocycles. The van der Waals surface area contributed by atoms with Crippen molar-refractivity contribution in [1.29, 1.82) is 0 Å². The lowest BCUT2D eigenvalue weighted by Gasteiger charge is -2.29. The predicted octanol–water partition coefficient (Wildman–Crippen LogP) is 3.14. The monoisotopic (exact) mass is 433 g/mol. The van der Waals surface area contributed by atoms with Crippen LogP contribution >= 0.6 is 0 Å². The summed E-state index contributed by atoms with van der Waals surface area (Å²) < 4.78 is 5.32. The first-order valence-electron chi connectivity index (χ1n) is 10.7. The van der Waals surface area contributed by atoms with E-state index in [1.54, 1.807) is 11.9 Å². The van der Waals surface area contributed by atoms with Gasteiger partial charge in [0, 0.05) is 38.8 Å². The molecule has 0 spiro atoms. The number of hydrogen-bond acceptors (Lipinski definition) is 4. The third kappa shape index (κ3) is 9.72. The van der Waals surface area contributed by atoms with Crippen molar-refractivity contribution in [3.63, 3.8) is 0 Å². The first-order valence-corrected chi connectivity index (χ1v) is 10.7. The van der Waals surface area contributed by atoms with E-state index in [1.165, 1.54) is 0 Å². The van der Waals surface area contributed by atoms with Crippen molar-refractivity contribution < 1.29 is 14.3 Å². The van der Waals surface area contributed by atoms with E-state index in [4.69, 9.17) is 4.74 Å². The highest BCUT2D eigenvalue weighted by Crippen LogP contribution is 2.10. The maximum absolute atomic E-state index is 12.4. The molecule has 1 rings (SSSR count). The number of carbonyl (C=O) groups excluding carboxylic acids is 2. The fourth-order valence-corrected chi connectivity index (χ4v) is 2.79. The van der Waals surface area contributed by atoms with E-state index in [0.29, 0.717) is 37.7 Å². The summed E-state index contributed by atoms with van der Waals surface area (Å²) in [6, 6.07) is 7.57. The highest BCUT2D eigenvalue weighted by molar-refractivity contribution is 5.94. The average molecular weight is 434 g/mol. The number of amides is 2. The van der Waals surface area contributed by atoms with Crippen molar-refractivity contribution in [3.05, 3.63) is 35.4 Å². The van der Waals surface area contributed by atoms with E-state index in [9.17, 15) is 9.59 Å². The van der Waals surface area contributed by atoms with Gasteiger partial charge in [0.1, 0.15) is 5.60 Å². The van der Waals surface area contributed by atoms with Gasteiger partial charge in [-0.3, -0.25) is 9.79 Å². The van der Waals surface area contributed by atoms with Gasteiger partial charge in [-0.1, -0.05) is 12.1 Å². The van der Waals surface area contributed by atoms with Gasteiger partial charge in [0.2, 0.25) is 0 Å². The second-order valence-electron chi connectivity index (χ2n) is 8.96. The molecule has 0 aromatic heterocycles. The zero-order valence-electron chi connectivity index (χ0n) is 20.3. The molecule has 1 aromatic carbocycles. The first-order chi connectivity index (χ1) is 14.4. The van der Waals surface area contributed by atoms with Crippen LogP contribution in [0.5, 0.6) is 0 Å². The number of carbonyl (C=O) groups is 2. The summed E-state index contributed by atoms with van der Waals surface area (Å²) in [7, 11) is 1.69. The normalized spacial score (nSPS) is 12.2. The van der Waals surface area contributed by atoms with Crippen molar-refractivity contribution in [2.24, 2.45) is 4.99 Å². The summed E-state index contributed by atoms with van der Waals surface area (Å²) in [5.74, 6) is 0.657. The number of aliphatic imine (C=N–C) groups is 1. The van der Waals surface area contributed by atoms with Crippen molar-refractivity contribution in [3.8, 4) is 0 Å². The maximum atomic E-state index is 12.4. The Hall–Kier alpha value is -2.77. The number of alkyl carbamates (subject to hydrolysis) is 1. The zero-order valence-corrected chi connectivity index (χ0v) is 20.3. The van der Waals surface area contributed by atoms with Crippen molar-refractivity contribution in [2.45, 2.75) is 66.2 Å². The van der Waals surface area contributed by atoms with Gasteiger partial charge in [0.25, 0.3) is 5.91 Å². The molecule has 8 nitrogen and oxygen atoms in total. The van der Waals surface area contributed by atoms with Crippen LogP contribution in [-0.4, -0.2) is 60.7 Å². The fourth-order valence-electron chi connectivity index (χ4n) is 2.79. The Kier molecular flexibility index (Phi) is 9.81. The molecule has 0 radical (unpaired) electrons. The Labute approximate surface area is 186 Å². The van der Waals surface area contributed by atoms with Gasteiger partial charge in [-0.15, -0.1) is 0 Å². The molecule has 0 saturated heterocycles. The van der Waals surface area contributed by atoms with Crippen molar-refractivity contribution in [1.82, 2.24) is 20.9 Å². The summed E-state index contributed by atoms with van der Waals surface area (Å²) in [5.41, 5.74) is 0.637. The number of benzene rings is 1. The lowest BCUT2D eigenvalue weighted by Crippen LogP contribution is -2.54. The second-order valence-corrected chi connectivity index (χ2v) is 8.96. The van der Waals surface area contributed by atoms with E-state index in [2.05, 4.69) is 20.9 Å². The molecular weight excluding hydrogens is 394 g/mol. The molecule has 0 unspecified atom stereocenters. The summed E-state index contributed by atoms with van der Waals surface area (Å²) >= 11 is 0. The Morgan fingerprint density at radius 1 is 1.00 bits per heavy atom. The Bertz CT molecular complexity index is 747. The number of rotatable bonds is 8. The molecule has 1 aromatic rings. The van der Waals surface area contributed by atoms with Gasteiger partial charge in [0.05, 0.1) is 5.54 Å². The fraction of sp³-hybridized carbons (Fsp3) is 0.609. The molecule has 8 heteroatoms. The van der Waals surface area contributed by atoms with E-state index in [-0.39, 0.29) is 5.91 Å². The molecule has 0 heterocycles. The Morgan fingerprint density at radius 2 is 1.58 bits per heavy atom. The minimum Gasteiger partial charge on any atom is -0.444 e. The molecule has 0 aliphatic rings. The van der Waals surface area contributed by atoms with Crippen molar-refractivity contribution in [2.75, 3.05) is 26.7 Å². The van der Waals surface area contributed by atoms with E-state index in [1.807, 2.05) is 72.7 Å².